The van der Waals surface area contributed by atoms with E-state index in [0.717, 1.165) is 12.0 Å². The van der Waals surface area contributed by atoms with E-state index in [4.69, 9.17) is 9.47 Å². The number of methoxy groups -OCH3 is 1. The van der Waals surface area contributed by atoms with E-state index in [1.54, 1.807) is 12.1 Å². The second-order valence-electron chi connectivity index (χ2n) is 5.92. The largest absolute Gasteiger partial charge is 0.487 e. The van der Waals surface area contributed by atoms with E-state index in [1.165, 1.54) is 7.11 Å². The molecule has 0 saturated carbocycles. The van der Waals surface area contributed by atoms with Crippen molar-refractivity contribution in [3.8, 4) is 0 Å². The van der Waals surface area contributed by atoms with Gasteiger partial charge in [-0.3, -0.25) is 0 Å². The van der Waals surface area contributed by atoms with Crippen molar-refractivity contribution in [2.75, 3.05) is 7.11 Å². The molecule has 2 aliphatic rings. The maximum Gasteiger partial charge on any atom is 0.347 e. The molecule has 0 aromatic heterocycles. The molecule has 1 heterocycles. The third-order valence-corrected chi connectivity index (χ3v) is 4.11. The van der Waals surface area contributed by atoms with Crippen molar-refractivity contribution < 1.29 is 19.4 Å². The van der Waals surface area contributed by atoms with Gasteiger partial charge in [-0.25, -0.2) is 4.79 Å². The van der Waals surface area contributed by atoms with Crippen LogP contribution in [0, 0.1) is 0 Å². The first-order valence-electron chi connectivity index (χ1n) is 6.73. The molecule has 1 aliphatic carbocycles. The molecule has 3 rings (SSSR count). The number of esters is 1. The molecule has 1 N–H and O–H groups in total. The molecule has 0 saturated heterocycles. The zero-order valence-corrected chi connectivity index (χ0v) is 11.9. The Kier molecular flexibility index (Phi) is 2.70. The lowest BCUT2D eigenvalue weighted by molar-refractivity contribution is -0.159. The minimum atomic E-state index is -1.71. The SMILES string of the molecule is COC(=O)C1(O)C2=C(OC(C)(C)CC2)c2ccccc21. The highest BCUT2D eigenvalue weighted by Gasteiger charge is 2.53. The van der Waals surface area contributed by atoms with Gasteiger partial charge in [0.05, 0.1) is 7.11 Å². The zero-order chi connectivity index (χ0) is 14.5. The highest BCUT2D eigenvalue weighted by molar-refractivity contribution is 5.94. The van der Waals surface area contributed by atoms with Crippen molar-refractivity contribution >= 4 is 11.7 Å². The van der Waals surface area contributed by atoms with E-state index < -0.39 is 11.6 Å². The van der Waals surface area contributed by atoms with Gasteiger partial charge >= 0.3 is 5.97 Å². The molecule has 1 atom stereocenters. The highest BCUT2D eigenvalue weighted by Crippen LogP contribution is 2.52. The van der Waals surface area contributed by atoms with Gasteiger partial charge in [-0.05, 0) is 26.7 Å². The van der Waals surface area contributed by atoms with Crippen molar-refractivity contribution in [2.45, 2.75) is 37.9 Å². The summed E-state index contributed by atoms with van der Waals surface area (Å²) in [6.45, 7) is 4.02. The lowest BCUT2D eigenvalue weighted by Gasteiger charge is -2.34. The molecule has 1 aromatic carbocycles. The average molecular weight is 274 g/mol. The van der Waals surface area contributed by atoms with Crippen LogP contribution >= 0.6 is 0 Å². The molecule has 0 radical (unpaired) electrons. The molecule has 20 heavy (non-hydrogen) atoms. The summed E-state index contributed by atoms with van der Waals surface area (Å²) in [5, 5.41) is 11.0. The summed E-state index contributed by atoms with van der Waals surface area (Å²) >= 11 is 0. The molecule has 4 nitrogen and oxygen atoms in total. The van der Waals surface area contributed by atoms with Crippen LogP contribution in [0.25, 0.3) is 5.76 Å². The number of fused-ring (bicyclic) bond motifs is 2. The molecular formula is C16H18O4. The first-order chi connectivity index (χ1) is 9.40. The lowest BCUT2D eigenvalue weighted by atomic mass is 9.85. The second-order valence-corrected chi connectivity index (χ2v) is 5.92. The van der Waals surface area contributed by atoms with E-state index in [9.17, 15) is 9.90 Å². The predicted molar refractivity (Wildman–Crippen MR) is 73.7 cm³/mol. The number of aliphatic hydroxyl groups is 1. The summed E-state index contributed by atoms with van der Waals surface area (Å²) in [6.07, 6.45) is 1.36. The predicted octanol–water partition coefficient (Wildman–Crippen LogP) is 2.36. The van der Waals surface area contributed by atoms with Gasteiger partial charge in [0.1, 0.15) is 11.4 Å². The maximum absolute atomic E-state index is 12.2. The summed E-state index contributed by atoms with van der Waals surface area (Å²) < 4.78 is 10.8. The monoisotopic (exact) mass is 274 g/mol. The number of benzene rings is 1. The Morgan fingerprint density at radius 2 is 2.05 bits per heavy atom. The topological polar surface area (TPSA) is 55.8 Å². The molecule has 1 aliphatic heterocycles. The van der Waals surface area contributed by atoms with Gasteiger partial charge < -0.3 is 14.6 Å². The minimum absolute atomic E-state index is 0.298. The van der Waals surface area contributed by atoms with Crippen LogP contribution in [0.15, 0.2) is 29.8 Å². The van der Waals surface area contributed by atoms with Crippen molar-refractivity contribution in [1.82, 2.24) is 0 Å². The van der Waals surface area contributed by atoms with E-state index in [0.29, 0.717) is 23.3 Å². The van der Waals surface area contributed by atoms with Gasteiger partial charge in [0.25, 0.3) is 0 Å². The summed E-state index contributed by atoms with van der Waals surface area (Å²) in [6, 6.07) is 7.29. The first kappa shape index (κ1) is 13.2. The number of rotatable bonds is 1. The Bertz CT molecular complexity index is 615. The van der Waals surface area contributed by atoms with Gasteiger partial charge in [-0.15, -0.1) is 0 Å². The van der Waals surface area contributed by atoms with Crippen LogP contribution in [0.3, 0.4) is 0 Å². The van der Waals surface area contributed by atoms with E-state index >= 15 is 0 Å². The fourth-order valence-corrected chi connectivity index (χ4v) is 3.03. The van der Waals surface area contributed by atoms with Crippen molar-refractivity contribution in [3.63, 3.8) is 0 Å². The van der Waals surface area contributed by atoms with Crippen LogP contribution in [0.1, 0.15) is 37.8 Å². The second kappa shape index (κ2) is 4.09. The van der Waals surface area contributed by atoms with Crippen LogP contribution in [0.2, 0.25) is 0 Å². The number of carbonyl (C=O) groups excluding carboxylic acids is 1. The Balaban J connectivity index is 2.22. The van der Waals surface area contributed by atoms with Gasteiger partial charge in [-0.2, -0.15) is 0 Å². The maximum atomic E-state index is 12.2. The zero-order valence-electron chi connectivity index (χ0n) is 11.9. The Hall–Kier alpha value is -1.81. The number of hydrogen-bond donors (Lipinski definition) is 1. The molecule has 0 spiro atoms. The summed E-state index contributed by atoms with van der Waals surface area (Å²) in [5.41, 5.74) is -0.0626. The molecule has 1 unspecified atom stereocenters. The fourth-order valence-electron chi connectivity index (χ4n) is 3.03. The van der Waals surface area contributed by atoms with E-state index in [1.807, 2.05) is 26.0 Å². The molecule has 0 fully saturated rings. The fraction of sp³-hybridized carbons (Fsp3) is 0.438. The van der Waals surface area contributed by atoms with Crippen LogP contribution in [0.4, 0.5) is 0 Å². The molecular weight excluding hydrogens is 256 g/mol. The molecule has 106 valence electrons. The molecule has 1 aromatic rings. The first-order valence-corrected chi connectivity index (χ1v) is 6.73. The van der Waals surface area contributed by atoms with Crippen molar-refractivity contribution in [2.24, 2.45) is 0 Å². The Morgan fingerprint density at radius 1 is 1.35 bits per heavy atom. The van der Waals surface area contributed by atoms with E-state index in [-0.39, 0.29) is 5.60 Å². The van der Waals surface area contributed by atoms with Crippen molar-refractivity contribution in [1.29, 1.82) is 0 Å². The van der Waals surface area contributed by atoms with Crippen LogP contribution in [-0.4, -0.2) is 23.8 Å². The molecule has 4 heteroatoms. The van der Waals surface area contributed by atoms with Crippen LogP contribution in [-0.2, 0) is 19.9 Å². The van der Waals surface area contributed by atoms with Crippen LogP contribution in [0.5, 0.6) is 0 Å². The van der Waals surface area contributed by atoms with Gasteiger partial charge in [-0.1, -0.05) is 24.3 Å². The highest BCUT2D eigenvalue weighted by atomic mass is 16.5. The van der Waals surface area contributed by atoms with Gasteiger partial charge in [0, 0.05) is 16.7 Å². The van der Waals surface area contributed by atoms with Crippen molar-refractivity contribution in [3.05, 3.63) is 41.0 Å². The number of hydrogen-bond acceptors (Lipinski definition) is 4. The third kappa shape index (κ3) is 1.61. The average Bonchev–Trinajstić information content (AvgIpc) is 2.68. The standard InChI is InChI=1S/C16H18O4/c1-15(2)9-8-12-13(20-15)10-6-4-5-7-11(10)16(12,18)14(17)19-3/h4-7,18H,8-9H2,1-3H3. The molecule has 0 bridgehead atoms. The minimum Gasteiger partial charge on any atom is -0.487 e. The lowest BCUT2D eigenvalue weighted by Crippen LogP contribution is -2.39. The third-order valence-electron chi connectivity index (χ3n) is 4.11. The quantitative estimate of drug-likeness (QED) is 0.799. The molecule has 0 amide bonds. The van der Waals surface area contributed by atoms with Gasteiger partial charge in [0.2, 0.25) is 5.60 Å². The van der Waals surface area contributed by atoms with Gasteiger partial charge in [0.15, 0.2) is 0 Å². The smallest absolute Gasteiger partial charge is 0.347 e. The number of carbonyl (C=O) groups is 1. The summed E-state index contributed by atoms with van der Waals surface area (Å²) in [5.74, 6) is -0.0250. The normalized spacial score (nSPS) is 26.6. The Labute approximate surface area is 118 Å². The van der Waals surface area contributed by atoms with Crippen LogP contribution < -0.4 is 0 Å². The summed E-state index contributed by atoms with van der Waals surface area (Å²) in [7, 11) is 1.29. The number of ether oxygens (including phenoxy) is 2. The Morgan fingerprint density at radius 3 is 2.75 bits per heavy atom. The van der Waals surface area contributed by atoms with E-state index in [2.05, 4.69) is 0 Å². The summed E-state index contributed by atoms with van der Waals surface area (Å²) in [4.78, 5) is 12.2.